The SMILES string of the molecule is C[C@]12CCC3C(C(O)C[C@H]4C[C@@H](O)CC[C@]34C)C1CCC21OCCO1. The molecule has 5 fully saturated rings. The van der Waals surface area contributed by atoms with Crippen molar-refractivity contribution in [3.63, 3.8) is 0 Å². The first-order chi connectivity index (χ1) is 11.9. The predicted molar refractivity (Wildman–Crippen MR) is 93.8 cm³/mol. The third-order valence-corrected chi connectivity index (χ3v) is 9.45. The maximum Gasteiger partial charge on any atom is 0.174 e. The number of rotatable bonds is 0. The van der Waals surface area contributed by atoms with Crippen LogP contribution in [0, 0.1) is 34.5 Å². The summed E-state index contributed by atoms with van der Waals surface area (Å²) in [5.74, 6) is 1.56. The lowest BCUT2D eigenvalue weighted by molar-refractivity contribution is -0.256. The fraction of sp³-hybridized carbons (Fsp3) is 1.00. The van der Waals surface area contributed by atoms with E-state index in [1.54, 1.807) is 0 Å². The highest BCUT2D eigenvalue weighted by atomic mass is 16.7. The first-order valence-corrected chi connectivity index (χ1v) is 10.5. The summed E-state index contributed by atoms with van der Waals surface area (Å²) in [6.07, 6.45) is 7.85. The molecule has 0 aromatic heterocycles. The van der Waals surface area contributed by atoms with Crippen molar-refractivity contribution in [3.8, 4) is 0 Å². The standard InChI is InChI=1S/C21H34O4/c1-19-6-3-14(22)11-13(19)12-17(23)18-15(19)4-7-20(2)16(18)5-8-21(20)24-9-10-25-21/h13-18,22-23H,3-12H2,1-2H3/t13-,14+,15?,16?,17?,18?,19+,20+/m1/s1. The molecule has 0 aromatic carbocycles. The summed E-state index contributed by atoms with van der Waals surface area (Å²) >= 11 is 0. The van der Waals surface area contributed by atoms with Gasteiger partial charge in [0, 0.05) is 11.8 Å². The van der Waals surface area contributed by atoms with Gasteiger partial charge in [-0.2, -0.15) is 0 Å². The lowest BCUT2D eigenvalue weighted by Crippen LogP contribution is -2.60. The largest absolute Gasteiger partial charge is 0.393 e. The second-order valence-electron chi connectivity index (χ2n) is 10.2. The van der Waals surface area contributed by atoms with Gasteiger partial charge in [0.15, 0.2) is 5.79 Å². The maximum atomic E-state index is 11.2. The minimum Gasteiger partial charge on any atom is -0.393 e. The third-order valence-electron chi connectivity index (χ3n) is 9.45. The molecular weight excluding hydrogens is 316 g/mol. The van der Waals surface area contributed by atoms with Crippen LogP contribution in [0.1, 0.15) is 65.2 Å². The number of hydrogen-bond donors (Lipinski definition) is 2. The van der Waals surface area contributed by atoms with Crippen LogP contribution in [-0.4, -0.2) is 41.4 Å². The molecule has 8 atom stereocenters. The smallest absolute Gasteiger partial charge is 0.174 e. The number of fused-ring (bicyclic) bond motifs is 6. The summed E-state index contributed by atoms with van der Waals surface area (Å²) < 4.78 is 12.4. The summed E-state index contributed by atoms with van der Waals surface area (Å²) in [6, 6.07) is 0. The quantitative estimate of drug-likeness (QED) is 0.705. The molecule has 1 spiro atoms. The summed E-state index contributed by atoms with van der Waals surface area (Å²) in [6.45, 7) is 6.27. The average molecular weight is 350 g/mol. The Morgan fingerprint density at radius 2 is 1.56 bits per heavy atom. The van der Waals surface area contributed by atoms with Crippen molar-refractivity contribution in [2.75, 3.05) is 13.2 Å². The van der Waals surface area contributed by atoms with Gasteiger partial charge in [-0.15, -0.1) is 0 Å². The Morgan fingerprint density at radius 1 is 0.840 bits per heavy atom. The summed E-state index contributed by atoms with van der Waals surface area (Å²) in [5.41, 5.74) is 0.334. The minimum absolute atomic E-state index is 0.0447. The average Bonchev–Trinajstić information content (AvgIpc) is 3.17. The Hall–Kier alpha value is -0.160. The Labute approximate surface area is 151 Å². The van der Waals surface area contributed by atoms with Crippen molar-refractivity contribution >= 4 is 0 Å². The van der Waals surface area contributed by atoms with Gasteiger partial charge in [0.2, 0.25) is 0 Å². The monoisotopic (exact) mass is 350 g/mol. The summed E-state index contributed by atoms with van der Waals surface area (Å²) in [4.78, 5) is 0. The van der Waals surface area contributed by atoms with Crippen molar-refractivity contribution < 1.29 is 19.7 Å². The molecule has 5 aliphatic rings. The van der Waals surface area contributed by atoms with Gasteiger partial charge in [-0.25, -0.2) is 0 Å². The van der Waals surface area contributed by atoms with E-state index in [2.05, 4.69) is 13.8 Å². The molecule has 0 radical (unpaired) electrons. The van der Waals surface area contributed by atoms with E-state index in [1.165, 1.54) is 6.42 Å². The van der Waals surface area contributed by atoms with Crippen molar-refractivity contribution in [2.24, 2.45) is 34.5 Å². The number of ether oxygens (including phenoxy) is 2. The van der Waals surface area contributed by atoms with Crippen LogP contribution in [0.4, 0.5) is 0 Å². The van der Waals surface area contributed by atoms with Gasteiger partial charge < -0.3 is 19.7 Å². The third kappa shape index (κ3) is 2.09. The van der Waals surface area contributed by atoms with E-state index < -0.39 is 0 Å². The number of aliphatic hydroxyl groups excluding tert-OH is 2. The zero-order valence-electron chi connectivity index (χ0n) is 15.7. The minimum atomic E-state index is -0.386. The van der Waals surface area contributed by atoms with Gasteiger partial charge in [-0.3, -0.25) is 0 Å². The molecule has 142 valence electrons. The van der Waals surface area contributed by atoms with E-state index in [0.717, 1.165) is 58.2 Å². The molecule has 0 bridgehead atoms. The topological polar surface area (TPSA) is 58.9 Å². The molecule has 1 saturated heterocycles. The molecule has 5 rings (SSSR count). The molecular formula is C21H34O4. The molecule has 4 heteroatoms. The fourth-order valence-electron chi connectivity index (χ4n) is 8.09. The molecule has 2 N–H and O–H groups in total. The van der Waals surface area contributed by atoms with E-state index in [-0.39, 0.29) is 28.8 Å². The van der Waals surface area contributed by atoms with Crippen molar-refractivity contribution in [1.82, 2.24) is 0 Å². The van der Waals surface area contributed by atoms with Crippen molar-refractivity contribution in [1.29, 1.82) is 0 Å². The Balaban J connectivity index is 1.49. The first-order valence-electron chi connectivity index (χ1n) is 10.5. The van der Waals surface area contributed by atoms with E-state index in [0.29, 0.717) is 23.7 Å². The molecule has 4 unspecified atom stereocenters. The lowest BCUT2D eigenvalue weighted by Gasteiger charge is -2.62. The van der Waals surface area contributed by atoms with Crippen LogP contribution in [0.25, 0.3) is 0 Å². The van der Waals surface area contributed by atoms with E-state index >= 15 is 0 Å². The number of aliphatic hydroxyl groups is 2. The first kappa shape index (κ1) is 17.0. The van der Waals surface area contributed by atoms with Crippen LogP contribution in [0.3, 0.4) is 0 Å². The highest BCUT2D eigenvalue weighted by Gasteiger charge is 2.68. The van der Waals surface area contributed by atoms with Gasteiger partial charge in [-0.05, 0) is 74.0 Å². The van der Waals surface area contributed by atoms with Crippen LogP contribution in [0.5, 0.6) is 0 Å². The van der Waals surface area contributed by atoms with E-state index in [4.69, 9.17) is 9.47 Å². The Morgan fingerprint density at radius 3 is 2.32 bits per heavy atom. The summed E-state index contributed by atoms with van der Waals surface area (Å²) in [7, 11) is 0. The van der Waals surface area contributed by atoms with Gasteiger partial charge in [0.25, 0.3) is 0 Å². The van der Waals surface area contributed by atoms with E-state index in [9.17, 15) is 10.2 Å². The maximum absolute atomic E-state index is 11.2. The highest BCUT2D eigenvalue weighted by molar-refractivity contribution is 5.14. The van der Waals surface area contributed by atoms with Crippen LogP contribution < -0.4 is 0 Å². The Bertz CT molecular complexity index is 544. The second kappa shape index (κ2) is 5.43. The van der Waals surface area contributed by atoms with Gasteiger partial charge in [0.1, 0.15) is 0 Å². The van der Waals surface area contributed by atoms with Gasteiger partial charge in [-0.1, -0.05) is 13.8 Å². The van der Waals surface area contributed by atoms with Gasteiger partial charge >= 0.3 is 0 Å². The van der Waals surface area contributed by atoms with E-state index in [1.807, 2.05) is 0 Å². The molecule has 4 saturated carbocycles. The van der Waals surface area contributed by atoms with Crippen molar-refractivity contribution in [2.45, 2.75) is 83.2 Å². The van der Waals surface area contributed by atoms with Crippen molar-refractivity contribution in [3.05, 3.63) is 0 Å². The zero-order chi connectivity index (χ0) is 17.4. The fourth-order valence-corrected chi connectivity index (χ4v) is 8.09. The zero-order valence-corrected chi connectivity index (χ0v) is 15.7. The molecule has 4 aliphatic carbocycles. The molecule has 4 nitrogen and oxygen atoms in total. The Kier molecular flexibility index (Phi) is 3.69. The molecule has 25 heavy (non-hydrogen) atoms. The molecule has 1 heterocycles. The predicted octanol–water partition coefficient (Wildman–Crippen LogP) is 3.10. The second-order valence-corrected chi connectivity index (χ2v) is 10.2. The van der Waals surface area contributed by atoms with Gasteiger partial charge in [0.05, 0.1) is 25.4 Å². The summed E-state index contributed by atoms with van der Waals surface area (Å²) in [5, 5.41) is 21.3. The number of hydrogen-bond acceptors (Lipinski definition) is 4. The van der Waals surface area contributed by atoms with Crippen LogP contribution in [-0.2, 0) is 9.47 Å². The normalized spacial score (nSPS) is 57.1. The molecule has 0 aromatic rings. The highest BCUT2D eigenvalue weighted by Crippen LogP contribution is 2.69. The van der Waals surface area contributed by atoms with Crippen LogP contribution in [0.2, 0.25) is 0 Å². The van der Waals surface area contributed by atoms with Crippen LogP contribution >= 0.6 is 0 Å². The lowest BCUT2D eigenvalue weighted by atomic mass is 9.44. The molecule has 1 aliphatic heterocycles. The van der Waals surface area contributed by atoms with Crippen LogP contribution in [0.15, 0.2) is 0 Å². The molecule has 0 amide bonds.